The first-order chi connectivity index (χ1) is 12.1. The van der Waals surface area contributed by atoms with E-state index in [1.54, 1.807) is 6.20 Å². The lowest BCUT2D eigenvalue weighted by Crippen LogP contribution is -2.39. The predicted octanol–water partition coefficient (Wildman–Crippen LogP) is 5.03. The summed E-state index contributed by atoms with van der Waals surface area (Å²) >= 11 is 6.03. The summed E-state index contributed by atoms with van der Waals surface area (Å²) in [5.41, 5.74) is 2.77. The van der Waals surface area contributed by atoms with Crippen LogP contribution in [-0.2, 0) is 11.2 Å². The molecule has 1 fully saturated rings. The first-order valence-corrected chi connectivity index (χ1v) is 9.50. The molecule has 0 bridgehead atoms. The van der Waals surface area contributed by atoms with Crippen LogP contribution in [0.5, 0.6) is 0 Å². The molecule has 132 valence electrons. The molecule has 1 aliphatic rings. The van der Waals surface area contributed by atoms with E-state index in [2.05, 4.69) is 17.2 Å². The first kappa shape index (κ1) is 17.9. The second-order valence-electron chi connectivity index (χ2n) is 6.99. The Morgan fingerprint density at radius 1 is 1.24 bits per heavy atom. The number of halogens is 1. The Morgan fingerprint density at radius 2 is 2.04 bits per heavy atom. The van der Waals surface area contributed by atoms with Crippen LogP contribution in [0, 0.1) is 5.92 Å². The second kappa shape index (κ2) is 8.48. The van der Waals surface area contributed by atoms with Gasteiger partial charge in [0, 0.05) is 22.8 Å². The zero-order valence-corrected chi connectivity index (χ0v) is 15.4. The van der Waals surface area contributed by atoms with Gasteiger partial charge >= 0.3 is 0 Å². The number of rotatable bonds is 5. The molecular weight excluding hydrogens is 332 g/mol. The smallest absolute Gasteiger partial charge is 0.224 e. The van der Waals surface area contributed by atoms with Gasteiger partial charge in [0.2, 0.25) is 5.91 Å². The van der Waals surface area contributed by atoms with Crippen LogP contribution in [-0.4, -0.2) is 16.9 Å². The van der Waals surface area contributed by atoms with E-state index < -0.39 is 0 Å². The van der Waals surface area contributed by atoms with E-state index in [-0.39, 0.29) is 11.9 Å². The molecule has 0 aliphatic heterocycles. The van der Waals surface area contributed by atoms with Crippen molar-refractivity contribution in [2.24, 2.45) is 5.92 Å². The van der Waals surface area contributed by atoms with Gasteiger partial charge in [0.1, 0.15) is 0 Å². The van der Waals surface area contributed by atoms with Crippen LogP contribution in [0.3, 0.4) is 0 Å². The molecule has 1 aromatic carbocycles. The summed E-state index contributed by atoms with van der Waals surface area (Å²) in [6.07, 6.45) is 8.54. The summed E-state index contributed by atoms with van der Waals surface area (Å²) in [6.45, 7) is 2.13. The molecule has 25 heavy (non-hydrogen) atoms. The fourth-order valence-corrected chi connectivity index (χ4v) is 3.78. The van der Waals surface area contributed by atoms with Crippen LogP contribution in [0.4, 0.5) is 0 Å². The zero-order chi connectivity index (χ0) is 17.6. The highest BCUT2D eigenvalue weighted by Gasteiger charge is 2.21. The minimum Gasteiger partial charge on any atom is -0.353 e. The van der Waals surface area contributed by atoms with E-state index in [1.165, 1.54) is 32.1 Å². The summed E-state index contributed by atoms with van der Waals surface area (Å²) in [5.74, 6) is 0.705. The molecule has 1 saturated carbocycles. The Hall–Kier alpha value is -1.87. The normalized spacial score (nSPS) is 16.4. The lowest BCUT2D eigenvalue weighted by atomic mass is 9.84. The molecule has 1 aromatic heterocycles. The minimum absolute atomic E-state index is 0.0791. The molecule has 1 heterocycles. The van der Waals surface area contributed by atoms with Crippen LogP contribution in [0.15, 0.2) is 42.6 Å². The van der Waals surface area contributed by atoms with Gasteiger partial charge in [-0.15, -0.1) is 0 Å². The third kappa shape index (κ3) is 5.05. The van der Waals surface area contributed by atoms with Crippen LogP contribution in [0.25, 0.3) is 11.3 Å². The lowest BCUT2D eigenvalue weighted by molar-refractivity contribution is -0.121. The molecule has 3 rings (SSSR count). The molecule has 0 spiro atoms. The van der Waals surface area contributed by atoms with Crippen LogP contribution in [0.1, 0.15) is 44.6 Å². The van der Waals surface area contributed by atoms with Gasteiger partial charge in [-0.05, 0) is 49.4 Å². The van der Waals surface area contributed by atoms with E-state index in [0.29, 0.717) is 17.4 Å². The number of carbonyl (C=O) groups is 1. The van der Waals surface area contributed by atoms with Gasteiger partial charge in [0.25, 0.3) is 0 Å². The highest BCUT2D eigenvalue weighted by molar-refractivity contribution is 6.30. The molecular formula is C21H25ClN2O. The number of pyridine rings is 1. The third-order valence-corrected chi connectivity index (χ3v) is 5.29. The van der Waals surface area contributed by atoms with Crippen molar-refractivity contribution in [2.75, 3.05) is 0 Å². The molecule has 1 N–H and O–H groups in total. The Labute approximate surface area is 154 Å². The Kier molecular flexibility index (Phi) is 6.09. The molecule has 4 heteroatoms. The van der Waals surface area contributed by atoms with Crippen molar-refractivity contribution in [2.45, 2.75) is 51.5 Å². The van der Waals surface area contributed by atoms with Crippen molar-refractivity contribution in [3.63, 3.8) is 0 Å². The van der Waals surface area contributed by atoms with Gasteiger partial charge in [-0.25, -0.2) is 0 Å². The molecule has 1 aliphatic carbocycles. The topological polar surface area (TPSA) is 42.0 Å². The molecule has 0 unspecified atom stereocenters. The fourth-order valence-electron chi connectivity index (χ4n) is 3.59. The van der Waals surface area contributed by atoms with Crippen molar-refractivity contribution in [1.29, 1.82) is 0 Å². The highest BCUT2D eigenvalue weighted by Crippen LogP contribution is 2.26. The van der Waals surface area contributed by atoms with E-state index in [4.69, 9.17) is 11.6 Å². The van der Waals surface area contributed by atoms with Crippen molar-refractivity contribution in [3.8, 4) is 11.3 Å². The number of hydrogen-bond acceptors (Lipinski definition) is 2. The summed E-state index contributed by atoms with van der Waals surface area (Å²) in [4.78, 5) is 16.8. The van der Waals surface area contributed by atoms with E-state index in [0.717, 1.165) is 16.8 Å². The number of aromatic nitrogens is 1. The Balaban J connectivity index is 1.56. The lowest BCUT2D eigenvalue weighted by Gasteiger charge is -2.28. The number of nitrogens with one attached hydrogen (secondary N) is 1. The Morgan fingerprint density at radius 3 is 2.72 bits per heavy atom. The molecule has 3 nitrogen and oxygen atoms in total. The molecule has 0 saturated heterocycles. The molecule has 0 radical (unpaired) electrons. The van der Waals surface area contributed by atoms with Crippen LogP contribution in [0.2, 0.25) is 5.02 Å². The first-order valence-electron chi connectivity index (χ1n) is 9.12. The number of amides is 1. The van der Waals surface area contributed by atoms with Crippen molar-refractivity contribution < 1.29 is 4.79 Å². The molecule has 1 amide bonds. The van der Waals surface area contributed by atoms with E-state index >= 15 is 0 Å². The van der Waals surface area contributed by atoms with Gasteiger partial charge in [0.15, 0.2) is 0 Å². The number of nitrogens with zero attached hydrogens (tertiary/aromatic N) is 1. The van der Waals surface area contributed by atoms with Crippen LogP contribution < -0.4 is 5.32 Å². The standard InChI is InChI=1S/C21H25ClN2O/c1-15(17-6-3-2-4-7-17)24-21(25)12-16-10-11-20(23-14-16)18-8-5-9-19(22)13-18/h5,8-11,13-15,17H,2-4,6-7,12H2,1H3,(H,24,25)/t15-/m1/s1. The monoisotopic (exact) mass is 356 g/mol. The second-order valence-corrected chi connectivity index (χ2v) is 7.43. The fraction of sp³-hybridized carbons (Fsp3) is 0.429. The maximum atomic E-state index is 12.3. The van der Waals surface area contributed by atoms with Gasteiger partial charge < -0.3 is 5.32 Å². The highest BCUT2D eigenvalue weighted by atomic mass is 35.5. The number of carbonyl (C=O) groups excluding carboxylic acids is 1. The van der Waals surface area contributed by atoms with Gasteiger partial charge in [-0.2, -0.15) is 0 Å². The number of hydrogen-bond donors (Lipinski definition) is 1. The maximum Gasteiger partial charge on any atom is 0.224 e. The predicted molar refractivity (Wildman–Crippen MR) is 103 cm³/mol. The van der Waals surface area contributed by atoms with Crippen molar-refractivity contribution in [1.82, 2.24) is 10.3 Å². The maximum absolute atomic E-state index is 12.3. The van der Waals surface area contributed by atoms with E-state index in [9.17, 15) is 4.79 Å². The molecule has 2 aromatic rings. The summed E-state index contributed by atoms with van der Waals surface area (Å²) in [5, 5.41) is 3.86. The molecule has 1 atom stereocenters. The van der Waals surface area contributed by atoms with E-state index in [1.807, 2.05) is 36.4 Å². The summed E-state index contributed by atoms with van der Waals surface area (Å²) in [6, 6.07) is 11.8. The minimum atomic E-state index is 0.0791. The SMILES string of the molecule is C[C@@H](NC(=O)Cc1ccc(-c2cccc(Cl)c2)nc1)C1CCCCC1. The van der Waals surface area contributed by atoms with Crippen LogP contribution >= 0.6 is 11.6 Å². The van der Waals surface area contributed by atoms with Crippen molar-refractivity contribution in [3.05, 3.63) is 53.2 Å². The quantitative estimate of drug-likeness (QED) is 0.816. The largest absolute Gasteiger partial charge is 0.353 e. The van der Waals surface area contributed by atoms with Gasteiger partial charge in [-0.3, -0.25) is 9.78 Å². The average molecular weight is 357 g/mol. The summed E-state index contributed by atoms with van der Waals surface area (Å²) in [7, 11) is 0. The number of benzene rings is 1. The van der Waals surface area contributed by atoms with Gasteiger partial charge in [-0.1, -0.05) is 49.1 Å². The zero-order valence-electron chi connectivity index (χ0n) is 14.7. The third-order valence-electron chi connectivity index (χ3n) is 5.06. The van der Waals surface area contributed by atoms with Crippen molar-refractivity contribution >= 4 is 17.5 Å². The average Bonchev–Trinajstić information content (AvgIpc) is 2.63. The van der Waals surface area contributed by atoms with Gasteiger partial charge in [0.05, 0.1) is 12.1 Å². The summed E-state index contributed by atoms with van der Waals surface area (Å²) < 4.78 is 0. The Bertz CT molecular complexity index is 708.